The fourth-order valence-electron chi connectivity index (χ4n) is 1.66. The molecule has 0 radical (unpaired) electrons. The minimum Gasteiger partial charge on any atom is -0.326 e. The molecule has 3 heteroatoms. The van der Waals surface area contributed by atoms with E-state index in [0.29, 0.717) is 5.02 Å². The molecule has 0 saturated heterocycles. The van der Waals surface area contributed by atoms with Crippen LogP contribution < -0.4 is 5.32 Å². The lowest BCUT2D eigenvalue weighted by Gasteiger charge is -2.09. The molecule has 0 fully saturated rings. The summed E-state index contributed by atoms with van der Waals surface area (Å²) in [4.78, 5) is 11.1. The number of para-hydroxylation sites is 1. The van der Waals surface area contributed by atoms with E-state index < -0.39 is 0 Å². The molecule has 2 aromatic carbocycles. The average molecular weight is 246 g/mol. The summed E-state index contributed by atoms with van der Waals surface area (Å²) in [5.74, 6) is -0.0774. The van der Waals surface area contributed by atoms with Crippen molar-refractivity contribution in [2.45, 2.75) is 6.92 Å². The Morgan fingerprint density at radius 1 is 1.06 bits per heavy atom. The second-order valence-electron chi connectivity index (χ2n) is 3.73. The molecule has 0 aliphatic rings. The van der Waals surface area contributed by atoms with E-state index in [4.69, 9.17) is 11.6 Å². The summed E-state index contributed by atoms with van der Waals surface area (Å²) in [5, 5.41) is 3.51. The van der Waals surface area contributed by atoms with Crippen LogP contribution in [0.2, 0.25) is 5.02 Å². The highest BCUT2D eigenvalue weighted by molar-refractivity contribution is 6.30. The lowest BCUT2D eigenvalue weighted by atomic mass is 10.0. The fraction of sp³-hybridized carbons (Fsp3) is 0.0714. The van der Waals surface area contributed by atoms with E-state index in [-0.39, 0.29) is 5.91 Å². The molecule has 17 heavy (non-hydrogen) atoms. The maximum absolute atomic E-state index is 11.1. The molecule has 0 unspecified atom stereocenters. The van der Waals surface area contributed by atoms with Gasteiger partial charge in [0.25, 0.3) is 0 Å². The van der Waals surface area contributed by atoms with Crippen molar-refractivity contribution >= 4 is 23.2 Å². The van der Waals surface area contributed by atoms with Crippen LogP contribution in [0.3, 0.4) is 0 Å². The first-order chi connectivity index (χ1) is 8.16. The molecule has 0 aliphatic carbocycles. The molecule has 0 heterocycles. The maximum atomic E-state index is 11.1. The first kappa shape index (κ1) is 11.7. The Labute approximate surface area is 105 Å². The lowest BCUT2D eigenvalue weighted by Crippen LogP contribution is -2.06. The van der Waals surface area contributed by atoms with Crippen molar-refractivity contribution in [3.8, 4) is 11.1 Å². The standard InChI is InChI=1S/C14H12ClNO/c1-10(17)16-14-5-3-2-4-13(14)11-6-8-12(15)9-7-11/h2-9H,1H3,(H,16,17). The van der Waals surface area contributed by atoms with Crippen molar-refractivity contribution in [2.24, 2.45) is 0 Å². The summed E-state index contributed by atoms with van der Waals surface area (Å²) >= 11 is 5.85. The Morgan fingerprint density at radius 2 is 1.71 bits per heavy atom. The van der Waals surface area contributed by atoms with E-state index in [1.165, 1.54) is 6.92 Å². The summed E-state index contributed by atoms with van der Waals surface area (Å²) in [5.41, 5.74) is 2.82. The van der Waals surface area contributed by atoms with Gasteiger partial charge >= 0.3 is 0 Å². The van der Waals surface area contributed by atoms with Crippen molar-refractivity contribution in [1.82, 2.24) is 0 Å². The highest BCUT2D eigenvalue weighted by Crippen LogP contribution is 2.28. The topological polar surface area (TPSA) is 29.1 Å². The van der Waals surface area contributed by atoms with Crippen molar-refractivity contribution < 1.29 is 4.79 Å². The Bertz CT molecular complexity index is 534. The smallest absolute Gasteiger partial charge is 0.221 e. The molecular formula is C14H12ClNO. The first-order valence-electron chi connectivity index (χ1n) is 5.29. The summed E-state index contributed by atoms with van der Waals surface area (Å²) in [6.07, 6.45) is 0. The highest BCUT2D eigenvalue weighted by Gasteiger charge is 2.05. The van der Waals surface area contributed by atoms with Gasteiger partial charge in [0.05, 0.1) is 0 Å². The Kier molecular flexibility index (Phi) is 3.45. The van der Waals surface area contributed by atoms with Crippen LogP contribution in [0.25, 0.3) is 11.1 Å². The minimum atomic E-state index is -0.0774. The van der Waals surface area contributed by atoms with Crippen molar-refractivity contribution in [2.75, 3.05) is 5.32 Å². The molecule has 0 spiro atoms. The van der Waals surface area contributed by atoms with Crippen LogP contribution in [0.1, 0.15) is 6.92 Å². The van der Waals surface area contributed by atoms with Crippen LogP contribution in [0.4, 0.5) is 5.69 Å². The van der Waals surface area contributed by atoms with Crippen LogP contribution >= 0.6 is 11.6 Å². The summed E-state index contributed by atoms with van der Waals surface area (Å²) in [7, 11) is 0. The Balaban J connectivity index is 2.44. The summed E-state index contributed by atoms with van der Waals surface area (Å²) < 4.78 is 0. The Morgan fingerprint density at radius 3 is 2.35 bits per heavy atom. The van der Waals surface area contributed by atoms with Crippen LogP contribution in [0.5, 0.6) is 0 Å². The van der Waals surface area contributed by atoms with Gasteiger partial charge in [0.1, 0.15) is 0 Å². The Hall–Kier alpha value is -1.80. The number of hydrogen-bond donors (Lipinski definition) is 1. The van der Waals surface area contributed by atoms with Crippen LogP contribution in [0.15, 0.2) is 48.5 Å². The van der Waals surface area contributed by atoms with Gasteiger partial charge in [-0.15, -0.1) is 0 Å². The third kappa shape index (κ3) is 2.86. The summed E-state index contributed by atoms with van der Waals surface area (Å²) in [6, 6.07) is 15.2. The molecule has 0 aliphatic heterocycles. The van der Waals surface area contributed by atoms with Gasteiger partial charge in [-0.2, -0.15) is 0 Å². The van der Waals surface area contributed by atoms with Crippen molar-refractivity contribution in [1.29, 1.82) is 0 Å². The zero-order chi connectivity index (χ0) is 12.3. The second kappa shape index (κ2) is 5.02. The van der Waals surface area contributed by atoms with E-state index >= 15 is 0 Å². The van der Waals surface area contributed by atoms with E-state index in [1.54, 1.807) is 0 Å². The largest absolute Gasteiger partial charge is 0.326 e. The van der Waals surface area contributed by atoms with Crippen molar-refractivity contribution in [3.05, 3.63) is 53.6 Å². The zero-order valence-electron chi connectivity index (χ0n) is 9.41. The molecule has 1 amide bonds. The van der Waals surface area contributed by atoms with Gasteiger partial charge in [-0.05, 0) is 23.8 Å². The molecule has 2 nitrogen and oxygen atoms in total. The van der Waals surface area contributed by atoms with Crippen molar-refractivity contribution in [3.63, 3.8) is 0 Å². The number of hydrogen-bond acceptors (Lipinski definition) is 1. The van der Waals surface area contributed by atoms with Gasteiger partial charge in [-0.1, -0.05) is 41.9 Å². The molecule has 86 valence electrons. The third-order valence-corrected chi connectivity index (χ3v) is 2.64. The highest BCUT2D eigenvalue weighted by atomic mass is 35.5. The second-order valence-corrected chi connectivity index (χ2v) is 4.17. The summed E-state index contributed by atoms with van der Waals surface area (Å²) in [6.45, 7) is 1.50. The van der Waals surface area contributed by atoms with Gasteiger partial charge in [0.15, 0.2) is 0 Å². The van der Waals surface area contributed by atoms with Crippen LogP contribution in [0, 0.1) is 0 Å². The van der Waals surface area contributed by atoms with Gasteiger partial charge in [0.2, 0.25) is 5.91 Å². The van der Waals surface area contributed by atoms with E-state index in [1.807, 2.05) is 48.5 Å². The molecule has 0 atom stereocenters. The SMILES string of the molecule is CC(=O)Nc1ccccc1-c1ccc(Cl)cc1. The van der Waals surface area contributed by atoms with E-state index in [2.05, 4.69) is 5.32 Å². The van der Waals surface area contributed by atoms with Crippen LogP contribution in [-0.4, -0.2) is 5.91 Å². The zero-order valence-corrected chi connectivity index (χ0v) is 10.2. The van der Waals surface area contributed by atoms with Crippen LogP contribution in [-0.2, 0) is 4.79 Å². The predicted octanol–water partition coefficient (Wildman–Crippen LogP) is 3.97. The van der Waals surface area contributed by atoms with Gasteiger partial charge in [0, 0.05) is 23.2 Å². The maximum Gasteiger partial charge on any atom is 0.221 e. The molecule has 1 N–H and O–H groups in total. The monoisotopic (exact) mass is 245 g/mol. The lowest BCUT2D eigenvalue weighted by molar-refractivity contribution is -0.114. The molecule has 2 rings (SSSR count). The molecule has 2 aromatic rings. The molecule has 0 aromatic heterocycles. The number of anilines is 1. The average Bonchev–Trinajstić information content (AvgIpc) is 2.30. The number of amides is 1. The van der Waals surface area contributed by atoms with Gasteiger partial charge in [-0.3, -0.25) is 4.79 Å². The number of nitrogens with one attached hydrogen (secondary N) is 1. The minimum absolute atomic E-state index is 0.0774. The number of halogens is 1. The molecular weight excluding hydrogens is 234 g/mol. The number of rotatable bonds is 2. The first-order valence-corrected chi connectivity index (χ1v) is 5.67. The van der Waals surface area contributed by atoms with E-state index in [9.17, 15) is 4.79 Å². The number of carbonyl (C=O) groups is 1. The fourth-order valence-corrected chi connectivity index (χ4v) is 1.79. The van der Waals surface area contributed by atoms with Gasteiger partial charge in [-0.25, -0.2) is 0 Å². The number of carbonyl (C=O) groups excluding carboxylic acids is 1. The van der Waals surface area contributed by atoms with Gasteiger partial charge < -0.3 is 5.32 Å². The normalized spacial score (nSPS) is 10.0. The predicted molar refractivity (Wildman–Crippen MR) is 71.2 cm³/mol. The van der Waals surface area contributed by atoms with E-state index in [0.717, 1.165) is 16.8 Å². The third-order valence-electron chi connectivity index (χ3n) is 2.39. The number of benzene rings is 2. The quantitative estimate of drug-likeness (QED) is 0.852. The molecule has 0 saturated carbocycles. The molecule has 0 bridgehead atoms.